The fourth-order valence-corrected chi connectivity index (χ4v) is 3.80. The van der Waals surface area contributed by atoms with Crippen molar-refractivity contribution in [2.45, 2.75) is 50.4 Å². The highest BCUT2D eigenvalue weighted by Gasteiger charge is 2.59. The first-order valence-electron chi connectivity index (χ1n) is 6.92. The van der Waals surface area contributed by atoms with Crippen molar-refractivity contribution in [1.82, 2.24) is 9.80 Å². The molecule has 0 saturated carbocycles. The van der Waals surface area contributed by atoms with Crippen LogP contribution in [0.15, 0.2) is 0 Å². The summed E-state index contributed by atoms with van der Waals surface area (Å²) in [6, 6.07) is -0.826. The van der Waals surface area contributed by atoms with E-state index in [1.165, 1.54) is 0 Å². The van der Waals surface area contributed by atoms with E-state index in [1.807, 2.05) is 4.90 Å². The third-order valence-corrected chi connectivity index (χ3v) is 4.61. The fraction of sp³-hybridized carbons (Fsp3) is 0.786. The molecule has 0 bridgehead atoms. The molecule has 106 valence electrons. The molecular formula is C14H23N3O2. The van der Waals surface area contributed by atoms with Gasteiger partial charge in [-0.2, -0.15) is 0 Å². The summed E-state index contributed by atoms with van der Waals surface area (Å²) in [6.45, 7) is 6.44. The second-order valence-corrected chi connectivity index (χ2v) is 5.62. The van der Waals surface area contributed by atoms with Crippen LogP contribution >= 0.6 is 0 Å². The lowest BCUT2D eigenvalue weighted by Gasteiger charge is -2.59. The number of aliphatic hydroxyl groups is 1. The number of amides is 1. The van der Waals surface area contributed by atoms with Crippen molar-refractivity contribution in [1.29, 1.82) is 0 Å². The van der Waals surface area contributed by atoms with Gasteiger partial charge >= 0.3 is 0 Å². The molecule has 0 radical (unpaired) electrons. The van der Waals surface area contributed by atoms with Crippen molar-refractivity contribution in [3.8, 4) is 12.3 Å². The molecule has 0 aliphatic carbocycles. The topological polar surface area (TPSA) is 69.8 Å². The zero-order chi connectivity index (χ0) is 14.2. The molecule has 2 unspecified atom stereocenters. The maximum Gasteiger partial charge on any atom is 0.237 e. The number of primary amides is 1. The molecule has 5 nitrogen and oxygen atoms in total. The van der Waals surface area contributed by atoms with Crippen LogP contribution in [0, 0.1) is 12.3 Å². The van der Waals surface area contributed by atoms with Crippen LogP contribution in [0.2, 0.25) is 0 Å². The second kappa shape index (κ2) is 5.12. The van der Waals surface area contributed by atoms with Gasteiger partial charge in [-0.25, -0.2) is 0 Å². The maximum atomic E-state index is 11.5. The molecule has 0 aromatic heterocycles. The quantitative estimate of drug-likeness (QED) is 0.666. The fourth-order valence-electron chi connectivity index (χ4n) is 3.80. The van der Waals surface area contributed by atoms with Gasteiger partial charge in [-0.15, -0.1) is 6.42 Å². The van der Waals surface area contributed by atoms with E-state index in [4.69, 9.17) is 12.2 Å². The first-order valence-corrected chi connectivity index (χ1v) is 6.92. The molecule has 1 spiro atoms. The predicted molar refractivity (Wildman–Crippen MR) is 73.2 cm³/mol. The summed E-state index contributed by atoms with van der Waals surface area (Å²) in [6.07, 6.45) is 7.07. The number of rotatable bonds is 4. The summed E-state index contributed by atoms with van der Waals surface area (Å²) in [5.41, 5.74) is 5.37. The first-order chi connectivity index (χ1) is 8.97. The van der Waals surface area contributed by atoms with Crippen LogP contribution in [0.25, 0.3) is 0 Å². The van der Waals surface area contributed by atoms with Gasteiger partial charge < -0.3 is 10.8 Å². The Morgan fingerprint density at radius 3 is 2.84 bits per heavy atom. The van der Waals surface area contributed by atoms with Crippen molar-refractivity contribution in [3.63, 3.8) is 0 Å². The predicted octanol–water partition coefficient (Wildman–Crippen LogP) is -0.607. The number of nitrogens with zero attached hydrogens (tertiary/aromatic N) is 2. The highest BCUT2D eigenvalue weighted by atomic mass is 16.3. The Bertz CT molecular complexity index is 404. The molecule has 2 aliphatic heterocycles. The van der Waals surface area contributed by atoms with Gasteiger partial charge in [0.15, 0.2) is 0 Å². The maximum absolute atomic E-state index is 11.5. The average Bonchev–Trinajstić information content (AvgIpc) is 2.73. The highest BCUT2D eigenvalue weighted by molar-refractivity contribution is 5.81. The van der Waals surface area contributed by atoms with Crippen LogP contribution in [0.5, 0.6) is 0 Å². The molecule has 2 fully saturated rings. The van der Waals surface area contributed by atoms with Crippen molar-refractivity contribution in [3.05, 3.63) is 0 Å². The average molecular weight is 265 g/mol. The summed E-state index contributed by atoms with van der Waals surface area (Å²) in [5, 5.41) is 9.76. The van der Waals surface area contributed by atoms with Crippen molar-refractivity contribution in [2.75, 3.05) is 19.6 Å². The lowest BCUT2D eigenvalue weighted by molar-refractivity contribution is -0.144. The summed E-state index contributed by atoms with van der Waals surface area (Å²) in [7, 11) is 0. The van der Waals surface area contributed by atoms with Crippen molar-refractivity contribution in [2.24, 2.45) is 5.73 Å². The van der Waals surface area contributed by atoms with Crippen LogP contribution in [-0.4, -0.2) is 64.2 Å². The van der Waals surface area contributed by atoms with Gasteiger partial charge in [0.1, 0.15) is 6.04 Å². The van der Waals surface area contributed by atoms with Gasteiger partial charge in [0.25, 0.3) is 0 Å². The summed E-state index contributed by atoms with van der Waals surface area (Å²) in [5.74, 6) is 2.30. The minimum absolute atomic E-state index is 0.0217. The van der Waals surface area contributed by atoms with Crippen LogP contribution in [0.4, 0.5) is 0 Å². The van der Waals surface area contributed by atoms with Crippen LogP contribution in [-0.2, 0) is 4.79 Å². The van der Waals surface area contributed by atoms with E-state index in [0.717, 1.165) is 25.9 Å². The van der Waals surface area contributed by atoms with Crippen molar-refractivity contribution >= 4 is 5.91 Å². The largest absolute Gasteiger partial charge is 0.391 e. The Hall–Kier alpha value is -1.09. The Morgan fingerprint density at radius 2 is 2.37 bits per heavy atom. The van der Waals surface area contributed by atoms with E-state index >= 15 is 0 Å². The molecule has 0 aromatic carbocycles. The molecule has 3 N–H and O–H groups in total. The van der Waals surface area contributed by atoms with Crippen LogP contribution in [0.1, 0.15) is 26.7 Å². The molecule has 2 rings (SSSR count). The van der Waals surface area contributed by atoms with Crippen LogP contribution in [0.3, 0.4) is 0 Å². The second-order valence-electron chi connectivity index (χ2n) is 5.62. The summed E-state index contributed by atoms with van der Waals surface area (Å²) < 4.78 is 0. The minimum atomic E-state index is -0.804. The summed E-state index contributed by atoms with van der Waals surface area (Å²) >= 11 is 0. The standard InChI is InChI=1S/C14H23N3O2/c1-4-11-14(7-6-8-16(14)5-2)9-17(11)12(10(3)18)13(15)19/h1,10-12,18H,5-9H2,2-3H3,(H2,15,19)/t10-,11?,12+,14?/m1/s1. The zero-order valence-electron chi connectivity index (χ0n) is 11.7. The minimum Gasteiger partial charge on any atom is -0.391 e. The number of likely N-dealkylation sites (tertiary alicyclic amines) is 2. The number of carbonyl (C=O) groups is 1. The van der Waals surface area contributed by atoms with Gasteiger partial charge in [0, 0.05) is 6.54 Å². The number of aliphatic hydroxyl groups excluding tert-OH is 1. The van der Waals surface area contributed by atoms with Gasteiger partial charge in [0.2, 0.25) is 5.91 Å². The number of hydrogen-bond donors (Lipinski definition) is 2. The normalized spacial score (nSPS) is 34.7. The third-order valence-electron chi connectivity index (χ3n) is 4.61. The number of hydrogen-bond acceptors (Lipinski definition) is 4. The SMILES string of the molecule is C#CC1N([C@H](C(N)=O)[C@@H](C)O)CC12CCCN2CC. The number of terminal acetylenes is 1. The van der Waals surface area contributed by atoms with E-state index < -0.39 is 18.1 Å². The molecular weight excluding hydrogens is 242 g/mol. The van der Waals surface area contributed by atoms with E-state index in [1.54, 1.807) is 6.92 Å². The zero-order valence-corrected chi connectivity index (χ0v) is 11.7. The van der Waals surface area contributed by atoms with Gasteiger partial charge in [-0.1, -0.05) is 12.8 Å². The van der Waals surface area contributed by atoms with E-state index in [2.05, 4.69) is 17.7 Å². The molecule has 0 aromatic rings. The number of nitrogens with two attached hydrogens (primary N) is 1. The molecule has 2 aliphatic rings. The van der Waals surface area contributed by atoms with Gasteiger partial charge in [-0.3, -0.25) is 14.6 Å². The van der Waals surface area contributed by atoms with Gasteiger partial charge in [-0.05, 0) is 32.9 Å². The third kappa shape index (κ3) is 2.04. The smallest absolute Gasteiger partial charge is 0.237 e. The molecule has 2 saturated heterocycles. The molecule has 2 heterocycles. The summed E-state index contributed by atoms with van der Waals surface area (Å²) in [4.78, 5) is 15.8. The molecule has 1 amide bonds. The number of likely N-dealkylation sites (N-methyl/N-ethyl adjacent to an activating group) is 1. The van der Waals surface area contributed by atoms with E-state index in [-0.39, 0.29) is 11.6 Å². The highest BCUT2D eigenvalue weighted by Crippen LogP contribution is 2.43. The Kier molecular flexibility index (Phi) is 3.86. The molecule has 5 heteroatoms. The lowest BCUT2D eigenvalue weighted by atomic mass is 9.76. The lowest BCUT2D eigenvalue weighted by Crippen LogP contribution is -2.78. The molecule has 4 atom stereocenters. The first kappa shape index (κ1) is 14.3. The van der Waals surface area contributed by atoms with E-state index in [9.17, 15) is 9.90 Å². The van der Waals surface area contributed by atoms with E-state index in [0.29, 0.717) is 6.54 Å². The van der Waals surface area contributed by atoms with Gasteiger partial charge in [0.05, 0.1) is 17.7 Å². The Balaban J connectivity index is 2.20. The van der Waals surface area contributed by atoms with Crippen molar-refractivity contribution < 1.29 is 9.90 Å². The Morgan fingerprint density at radius 1 is 1.68 bits per heavy atom. The number of carbonyl (C=O) groups excluding carboxylic acids is 1. The Labute approximate surface area is 114 Å². The monoisotopic (exact) mass is 265 g/mol. The van der Waals surface area contributed by atoms with Crippen LogP contribution < -0.4 is 5.73 Å². The molecule has 19 heavy (non-hydrogen) atoms.